The molecule has 0 spiro atoms. The summed E-state index contributed by atoms with van der Waals surface area (Å²) >= 11 is 0. The molecule has 28 heavy (non-hydrogen) atoms. The van der Waals surface area contributed by atoms with Crippen LogP contribution in [0, 0.1) is 5.41 Å². The highest BCUT2D eigenvalue weighted by atomic mass is 16.5. The van der Waals surface area contributed by atoms with E-state index in [1.165, 1.54) is 0 Å². The maximum Gasteiger partial charge on any atom is 0.251 e. The van der Waals surface area contributed by atoms with Crippen LogP contribution in [-0.4, -0.2) is 53.2 Å². The summed E-state index contributed by atoms with van der Waals surface area (Å²) in [6.45, 7) is 6.83. The summed E-state index contributed by atoms with van der Waals surface area (Å²) in [5.41, 5.74) is -0.339. The van der Waals surface area contributed by atoms with E-state index in [9.17, 15) is 9.90 Å². The van der Waals surface area contributed by atoms with Crippen LogP contribution in [0.25, 0.3) is 11.5 Å². The predicted molar refractivity (Wildman–Crippen MR) is 102 cm³/mol. The first-order chi connectivity index (χ1) is 13.3. The van der Waals surface area contributed by atoms with Gasteiger partial charge in [-0.3, -0.25) is 4.79 Å². The smallest absolute Gasteiger partial charge is 0.251 e. The SMILES string of the molecule is CCO[C@@H]1C[C@](O)(CNC(=O)c2cccc(-c3nnc(COC)o3)c2)C1(C)C. The standard InChI is InChI=1S/C20H27N3O5/c1-5-27-15-10-20(25,19(15,2)3)12-21-17(24)13-7-6-8-14(9-13)18-23-22-16(28-18)11-26-4/h6-9,15,25H,5,10-12H2,1-4H3,(H,21,24)/t15-,20+/m1/s1. The first-order valence-electron chi connectivity index (χ1n) is 9.34. The Morgan fingerprint density at radius 1 is 1.39 bits per heavy atom. The molecule has 0 aliphatic heterocycles. The van der Waals surface area contributed by atoms with Gasteiger partial charge < -0.3 is 24.3 Å². The van der Waals surface area contributed by atoms with Gasteiger partial charge in [0.2, 0.25) is 11.8 Å². The van der Waals surface area contributed by atoms with E-state index in [0.29, 0.717) is 35.9 Å². The van der Waals surface area contributed by atoms with E-state index in [4.69, 9.17) is 13.9 Å². The van der Waals surface area contributed by atoms with Gasteiger partial charge in [0.05, 0.1) is 11.7 Å². The molecule has 1 fully saturated rings. The fourth-order valence-corrected chi connectivity index (χ4v) is 3.44. The Balaban J connectivity index is 1.65. The monoisotopic (exact) mass is 389 g/mol. The van der Waals surface area contributed by atoms with Crippen LogP contribution < -0.4 is 5.32 Å². The molecule has 1 aromatic carbocycles. The van der Waals surface area contributed by atoms with E-state index >= 15 is 0 Å². The van der Waals surface area contributed by atoms with E-state index in [1.807, 2.05) is 20.8 Å². The third kappa shape index (κ3) is 3.80. The fourth-order valence-electron chi connectivity index (χ4n) is 3.44. The summed E-state index contributed by atoms with van der Waals surface area (Å²) in [5.74, 6) is 0.410. The normalized spacial score (nSPS) is 23.2. The Kier molecular flexibility index (Phi) is 5.83. The minimum atomic E-state index is -0.998. The Labute approximate surface area is 164 Å². The molecular weight excluding hydrogens is 362 g/mol. The predicted octanol–water partition coefficient (Wildman–Crippen LogP) is 2.18. The van der Waals surface area contributed by atoms with Gasteiger partial charge in [-0.25, -0.2) is 0 Å². The molecule has 2 aromatic rings. The van der Waals surface area contributed by atoms with Gasteiger partial charge in [-0.15, -0.1) is 10.2 Å². The molecule has 1 aliphatic carbocycles. The van der Waals surface area contributed by atoms with Crippen molar-refractivity contribution in [3.63, 3.8) is 0 Å². The first kappa shape index (κ1) is 20.4. The molecule has 0 radical (unpaired) electrons. The maximum absolute atomic E-state index is 12.6. The molecule has 8 nitrogen and oxygen atoms in total. The van der Waals surface area contributed by atoms with Crippen LogP contribution in [0.4, 0.5) is 0 Å². The number of benzene rings is 1. The highest BCUT2D eigenvalue weighted by molar-refractivity contribution is 5.95. The van der Waals surface area contributed by atoms with E-state index in [1.54, 1.807) is 31.4 Å². The molecule has 8 heteroatoms. The number of carbonyl (C=O) groups excluding carboxylic acids is 1. The van der Waals surface area contributed by atoms with Gasteiger partial charge in [-0.2, -0.15) is 0 Å². The van der Waals surface area contributed by atoms with Crippen LogP contribution in [-0.2, 0) is 16.1 Å². The number of nitrogens with zero attached hydrogens (tertiary/aromatic N) is 2. The Bertz CT molecular complexity index is 835. The number of rotatable bonds is 8. The molecule has 2 N–H and O–H groups in total. The second kappa shape index (κ2) is 7.98. The number of hydrogen-bond donors (Lipinski definition) is 2. The Morgan fingerprint density at radius 3 is 2.86 bits per heavy atom. The van der Waals surface area contributed by atoms with Crippen molar-refractivity contribution in [2.24, 2.45) is 5.41 Å². The molecule has 0 unspecified atom stereocenters. The second-order valence-electron chi connectivity index (χ2n) is 7.60. The molecular formula is C20H27N3O5. The van der Waals surface area contributed by atoms with Crippen LogP contribution in [0.15, 0.2) is 28.7 Å². The topological polar surface area (TPSA) is 107 Å². The summed E-state index contributed by atoms with van der Waals surface area (Å²) in [5, 5.41) is 21.6. The maximum atomic E-state index is 12.6. The number of nitrogens with one attached hydrogen (secondary N) is 1. The lowest BCUT2D eigenvalue weighted by Gasteiger charge is -2.57. The lowest BCUT2D eigenvalue weighted by atomic mass is 9.56. The van der Waals surface area contributed by atoms with Crippen molar-refractivity contribution in [1.29, 1.82) is 0 Å². The third-order valence-electron chi connectivity index (χ3n) is 5.54. The highest BCUT2D eigenvalue weighted by Gasteiger charge is 2.59. The van der Waals surface area contributed by atoms with Gasteiger partial charge in [-0.1, -0.05) is 19.9 Å². The molecule has 2 atom stereocenters. The van der Waals surface area contributed by atoms with Gasteiger partial charge >= 0.3 is 0 Å². The minimum absolute atomic E-state index is 0.0125. The lowest BCUT2D eigenvalue weighted by Crippen LogP contribution is -2.68. The van der Waals surface area contributed by atoms with E-state index in [0.717, 1.165) is 0 Å². The van der Waals surface area contributed by atoms with Crippen molar-refractivity contribution in [2.75, 3.05) is 20.3 Å². The quantitative estimate of drug-likeness (QED) is 0.712. The zero-order valence-electron chi connectivity index (χ0n) is 16.7. The molecule has 0 bridgehead atoms. The summed E-state index contributed by atoms with van der Waals surface area (Å²) in [6.07, 6.45) is 0.486. The second-order valence-corrected chi connectivity index (χ2v) is 7.60. The van der Waals surface area contributed by atoms with Crippen molar-refractivity contribution in [1.82, 2.24) is 15.5 Å². The highest BCUT2D eigenvalue weighted by Crippen LogP contribution is 2.50. The summed E-state index contributed by atoms with van der Waals surface area (Å²) in [6, 6.07) is 6.91. The van der Waals surface area contributed by atoms with E-state index in [2.05, 4.69) is 15.5 Å². The van der Waals surface area contributed by atoms with E-state index < -0.39 is 11.0 Å². The van der Waals surface area contributed by atoms with Crippen molar-refractivity contribution in [3.8, 4) is 11.5 Å². The number of ether oxygens (including phenoxy) is 2. The molecule has 0 saturated heterocycles. The number of hydrogen-bond acceptors (Lipinski definition) is 7. The Morgan fingerprint density at radius 2 is 2.18 bits per heavy atom. The van der Waals surface area contributed by atoms with Crippen molar-refractivity contribution < 1.29 is 23.8 Å². The molecule has 1 heterocycles. The van der Waals surface area contributed by atoms with Crippen molar-refractivity contribution in [2.45, 2.75) is 45.5 Å². The zero-order chi connectivity index (χ0) is 20.4. The number of aliphatic hydroxyl groups is 1. The van der Waals surface area contributed by atoms with Gasteiger partial charge in [0.25, 0.3) is 5.91 Å². The number of aromatic nitrogens is 2. The lowest BCUT2D eigenvalue weighted by molar-refractivity contribution is -0.237. The van der Waals surface area contributed by atoms with E-state index in [-0.39, 0.29) is 25.2 Å². The van der Waals surface area contributed by atoms with Gasteiger partial charge in [-0.05, 0) is 25.1 Å². The zero-order valence-corrected chi connectivity index (χ0v) is 16.7. The number of amides is 1. The van der Waals surface area contributed by atoms with Crippen molar-refractivity contribution in [3.05, 3.63) is 35.7 Å². The van der Waals surface area contributed by atoms with Crippen LogP contribution >= 0.6 is 0 Å². The molecule has 152 valence electrons. The minimum Gasteiger partial charge on any atom is -0.418 e. The van der Waals surface area contributed by atoms with Gasteiger partial charge in [0.1, 0.15) is 6.61 Å². The van der Waals surface area contributed by atoms with Crippen LogP contribution in [0.3, 0.4) is 0 Å². The van der Waals surface area contributed by atoms with Crippen LogP contribution in [0.2, 0.25) is 0 Å². The molecule has 1 aliphatic rings. The summed E-state index contributed by atoms with van der Waals surface area (Å²) < 4.78 is 16.1. The molecule has 3 rings (SSSR count). The van der Waals surface area contributed by atoms with Crippen molar-refractivity contribution >= 4 is 5.91 Å². The van der Waals surface area contributed by atoms with Gasteiger partial charge in [0.15, 0.2) is 0 Å². The first-order valence-corrected chi connectivity index (χ1v) is 9.34. The number of methoxy groups -OCH3 is 1. The van der Waals surface area contributed by atoms with Gasteiger partial charge in [0, 0.05) is 43.2 Å². The molecule has 1 aromatic heterocycles. The Hall–Kier alpha value is -2.29. The number of carbonyl (C=O) groups is 1. The summed E-state index contributed by atoms with van der Waals surface area (Å²) in [4.78, 5) is 12.6. The average molecular weight is 389 g/mol. The fraction of sp³-hybridized carbons (Fsp3) is 0.550. The van der Waals surface area contributed by atoms with Crippen LogP contribution in [0.1, 0.15) is 43.4 Å². The molecule has 1 saturated carbocycles. The third-order valence-corrected chi connectivity index (χ3v) is 5.54. The van der Waals surface area contributed by atoms with Crippen LogP contribution in [0.5, 0.6) is 0 Å². The summed E-state index contributed by atoms with van der Waals surface area (Å²) in [7, 11) is 1.54. The average Bonchev–Trinajstić information content (AvgIpc) is 3.15. The molecule has 1 amide bonds. The largest absolute Gasteiger partial charge is 0.418 e.